The van der Waals surface area contributed by atoms with E-state index in [0.717, 1.165) is 17.7 Å². The second-order valence-electron chi connectivity index (χ2n) is 6.63. The SMILES string of the molecule is COc1ccc(NC(=O)N2CCCN(C(=O)NCc3ccccc3)CC2)cc1. The van der Waals surface area contributed by atoms with Gasteiger partial charge in [-0.15, -0.1) is 0 Å². The molecule has 7 nitrogen and oxygen atoms in total. The number of ether oxygens (including phenoxy) is 1. The zero-order valence-corrected chi connectivity index (χ0v) is 16.1. The number of nitrogens with zero attached hydrogens (tertiary/aromatic N) is 2. The highest BCUT2D eigenvalue weighted by Crippen LogP contribution is 2.16. The Morgan fingerprint density at radius 1 is 0.893 bits per heavy atom. The Morgan fingerprint density at radius 2 is 1.54 bits per heavy atom. The molecule has 1 aliphatic rings. The van der Waals surface area contributed by atoms with Gasteiger partial charge < -0.3 is 25.2 Å². The third kappa shape index (κ3) is 5.39. The lowest BCUT2D eigenvalue weighted by Crippen LogP contribution is -2.43. The number of hydrogen-bond donors (Lipinski definition) is 2. The number of hydrogen-bond acceptors (Lipinski definition) is 3. The third-order valence-electron chi connectivity index (χ3n) is 4.70. The van der Waals surface area contributed by atoms with E-state index in [2.05, 4.69) is 10.6 Å². The molecular formula is C21H26N4O3. The van der Waals surface area contributed by atoms with Gasteiger partial charge in [0.2, 0.25) is 0 Å². The quantitative estimate of drug-likeness (QED) is 0.853. The van der Waals surface area contributed by atoms with Gasteiger partial charge in [-0.25, -0.2) is 9.59 Å². The first kappa shape index (κ1) is 19.5. The maximum atomic E-state index is 12.5. The summed E-state index contributed by atoms with van der Waals surface area (Å²) in [6.45, 7) is 2.76. The lowest BCUT2D eigenvalue weighted by molar-refractivity contribution is 0.195. The fraction of sp³-hybridized carbons (Fsp3) is 0.333. The van der Waals surface area contributed by atoms with Crippen LogP contribution in [0.5, 0.6) is 5.75 Å². The van der Waals surface area contributed by atoms with Gasteiger partial charge in [0.05, 0.1) is 7.11 Å². The number of rotatable bonds is 4. The molecule has 0 bridgehead atoms. The second kappa shape index (κ2) is 9.64. The largest absolute Gasteiger partial charge is 0.497 e. The molecule has 1 fully saturated rings. The number of carbonyl (C=O) groups excluding carboxylic acids is 2. The van der Waals surface area contributed by atoms with Crippen molar-refractivity contribution in [3.8, 4) is 5.75 Å². The number of methoxy groups -OCH3 is 1. The molecule has 0 radical (unpaired) electrons. The molecule has 28 heavy (non-hydrogen) atoms. The first-order valence-electron chi connectivity index (χ1n) is 9.42. The highest BCUT2D eigenvalue weighted by Gasteiger charge is 2.22. The minimum absolute atomic E-state index is 0.0961. The van der Waals surface area contributed by atoms with Crippen LogP contribution in [0.15, 0.2) is 54.6 Å². The first-order valence-corrected chi connectivity index (χ1v) is 9.42. The van der Waals surface area contributed by atoms with Crippen molar-refractivity contribution in [3.63, 3.8) is 0 Å². The Balaban J connectivity index is 1.48. The molecule has 3 rings (SSSR count). The third-order valence-corrected chi connectivity index (χ3v) is 4.70. The van der Waals surface area contributed by atoms with Crippen LogP contribution in [0.4, 0.5) is 15.3 Å². The Kier molecular flexibility index (Phi) is 6.73. The van der Waals surface area contributed by atoms with Crippen LogP contribution in [0.25, 0.3) is 0 Å². The molecule has 0 saturated carbocycles. The summed E-state index contributed by atoms with van der Waals surface area (Å²) in [7, 11) is 1.60. The predicted molar refractivity (Wildman–Crippen MR) is 108 cm³/mol. The van der Waals surface area contributed by atoms with Crippen LogP contribution in [0, 0.1) is 0 Å². The molecule has 1 aliphatic heterocycles. The topological polar surface area (TPSA) is 73.9 Å². The van der Waals surface area contributed by atoms with Crippen molar-refractivity contribution in [2.75, 3.05) is 38.6 Å². The van der Waals surface area contributed by atoms with Gasteiger partial charge >= 0.3 is 12.1 Å². The highest BCUT2D eigenvalue weighted by molar-refractivity contribution is 5.89. The number of urea groups is 2. The average Bonchev–Trinajstić information content (AvgIpc) is 3.00. The monoisotopic (exact) mass is 382 g/mol. The molecule has 0 atom stereocenters. The maximum absolute atomic E-state index is 12.5. The maximum Gasteiger partial charge on any atom is 0.321 e. The lowest BCUT2D eigenvalue weighted by atomic mass is 10.2. The van der Waals surface area contributed by atoms with E-state index < -0.39 is 0 Å². The normalized spacial score (nSPS) is 14.2. The first-order chi connectivity index (χ1) is 13.7. The standard InChI is InChI=1S/C21H26N4O3/c1-28-19-10-8-18(9-11-19)23-21(27)25-13-5-12-24(14-15-25)20(26)22-16-17-6-3-2-4-7-17/h2-4,6-11H,5,12-16H2,1H3,(H,22,26)(H,23,27). The van der Waals surface area contributed by atoms with E-state index in [1.807, 2.05) is 30.3 Å². The highest BCUT2D eigenvalue weighted by atomic mass is 16.5. The van der Waals surface area contributed by atoms with Gasteiger partial charge in [0, 0.05) is 38.4 Å². The van der Waals surface area contributed by atoms with E-state index in [9.17, 15) is 9.59 Å². The van der Waals surface area contributed by atoms with Gasteiger partial charge in [-0.2, -0.15) is 0 Å². The van der Waals surface area contributed by atoms with E-state index in [0.29, 0.717) is 38.4 Å². The molecule has 0 unspecified atom stereocenters. The smallest absolute Gasteiger partial charge is 0.321 e. The number of nitrogens with one attached hydrogen (secondary N) is 2. The molecule has 2 aromatic carbocycles. The Hall–Kier alpha value is -3.22. The molecule has 1 heterocycles. The molecule has 0 aromatic heterocycles. The average molecular weight is 382 g/mol. The molecule has 0 aliphatic carbocycles. The van der Waals surface area contributed by atoms with Crippen LogP contribution in [0.2, 0.25) is 0 Å². The van der Waals surface area contributed by atoms with Gasteiger partial charge in [-0.3, -0.25) is 0 Å². The fourth-order valence-electron chi connectivity index (χ4n) is 3.09. The van der Waals surface area contributed by atoms with Crippen LogP contribution >= 0.6 is 0 Å². The molecule has 4 amide bonds. The second-order valence-corrected chi connectivity index (χ2v) is 6.63. The summed E-state index contributed by atoms with van der Waals surface area (Å²) in [5.74, 6) is 0.741. The Bertz CT molecular complexity index is 780. The van der Waals surface area contributed by atoms with Crippen molar-refractivity contribution < 1.29 is 14.3 Å². The molecule has 148 valence electrons. The summed E-state index contributed by atoms with van der Waals surface area (Å²) in [4.78, 5) is 28.5. The van der Waals surface area contributed by atoms with E-state index in [-0.39, 0.29) is 12.1 Å². The summed E-state index contributed by atoms with van der Waals surface area (Å²) in [6, 6.07) is 16.8. The molecule has 2 aromatic rings. The van der Waals surface area contributed by atoms with Crippen molar-refractivity contribution in [2.24, 2.45) is 0 Å². The van der Waals surface area contributed by atoms with E-state index in [1.54, 1.807) is 41.2 Å². The summed E-state index contributed by atoms with van der Waals surface area (Å²) in [6.07, 6.45) is 0.745. The minimum atomic E-state index is -0.156. The number of benzene rings is 2. The van der Waals surface area contributed by atoms with Crippen molar-refractivity contribution in [1.29, 1.82) is 0 Å². The van der Waals surface area contributed by atoms with Crippen LogP contribution in [-0.4, -0.2) is 55.2 Å². The van der Waals surface area contributed by atoms with Crippen molar-refractivity contribution in [1.82, 2.24) is 15.1 Å². The van der Waals surface area contributed by atoms with E-state index in [4.69, 9.17) is 4.74 Å². The molecule has 1 saturated heterocycles. The predicted octanol–water partition coefficient (Wildman–Crippen LogP) is 3.14. The van der Waals surface area contributed by atoms with Gasteiger partial charge in [0.15, 0.2) is 0 Å². The van der Waals surface area contributed by atoms with Gasteiger partial charge in [0.1, 0.15) is 5.75 Å². The van der Waals surface area contributed by atoms with Crippen LogP contribution < -0.4 is 15.4 Å². The molecular weight excluding hydrogens is 356 g/mol. The van der Waals surface area contributed by atoms with Crippen molar-refractivity contribution in [3.05, 3.63) is 60.2 Å². The zero-order valence-electron chi connectivity index (χ0n) is 16.1. The van der Waals surface area contributed by atoms with Gasteiger partial charge in [-0.1, -0.05) is 30.3 Å². The molecule has 0 spiro atoms. The van der Waals surface area contributed by atoms with Crippen LogP contribution in [-0.2, 0) is 6.54 Å². The number of anilines is 1. The van der Waals surface area contributed by atoms with E-state index in [1.165, 1.54) is 0 Å². The summed E-state index contributed by atoms with van der Waals surface area (Å²) in [5, 5.41) is 5.84. The van der Waals surface area contributed by atoms with Crippen molar-refractivity contribution >= 4 is 17.7 Å². The Labute approximate surface area is 165 Å². The summed E-state index contributed by atoms with van der Waals surface area (Å²) >= 11 is 0. The number of carbonyl (C=O) groups is 2. The zero-order chi connectivity index (χ0) is 19.8. The fourth-order valence-corrected chi connectivity index (χ4v) is 3.09. The number of amides is 4. The van der Waals surface area contributed by atoms with Gasteiger partial charge in [0.25, 0.3) is 0 Å². The van der Waals surface area contributed by atoms with Crippen LogP contribution in [0.3, 0.4) is 0 Å². The summed E-state index contributed by atoms with van der Waals surface area (Å²) < 4.78 is 5.12. The molecule has 7 heteroatoms. The summed E-state index contributed by atoms with van der Waals surface area (Å²) in [5.41, 5.74) is 1.78. The van der Waals surface area contributed by atoms with Crippen molar-refractivity contribution in [2.45, 2.75) is 13.0 Å². The molecule has 2 N–H and O–H groups in total. The van der Waals surface area contributed by atoms with Crippen LogP contribution in [0.1, 0.15) is 12.0 Å². The van der Waals surface area contributed by atoms with Gasteiger partial charge in [-0.05, 0) is 36.2 Å². The Morgan fingerprint density at radius 3 is 2.18 bits per heavy atom. The minimum Gasteiger partial charge on any atom is -0.497 e. The van der Waals surface area contributed by atoms with E-state index >= 15 is 0 Å². The lowest BCUT2D eigenvalue weighted by Gasteiger charge is -2.23.